The Balaban J connectivity index is 2.00. The second-order valence-corrected chi connectivity index (χ2v) is 6.78. The first-order valence-electron chi connectivity index (χ1n) is 7.60. The van der Waals surface area contributed by atoms with Gasteiger partial charge in [0.1, 0.15) is 0 Å². The van der Waals surface area contributed by atoms with Gasteiger partial charge in [-0.2, -0.15) is 26.3 Å². The van der Waals surface area contributed by atoms with Crippen LogP contribution in [0.2, 0.25) is 0 Å². The standard InChI is InChI=1S/C16H14F6N2S/c17-15(18,19)11-5-10(6-12(7-11)16(20,21)22)13-8-25-14(24-13)9-1-3-23-4-2-9/h5-9,23H,1-4H2. The van der Waals surface area contributed by atoms with E-state index in [0.29, 0.717) is 0 Å². The van der Waals surface area contributed by atoms with Crippen LogP contribution in [0.15, 0.2) is 23.6 Å². The van der Waals surface area contributed by atoms with Crippen molar-refractivity contribution in [3.8, 4) is 11.3 Å². The maximum Gasteiger partial charge on any atom is 0.416 e. The first-order chi connectivity index (χ1) is 11.6. The van der Waals surface area contributed by atoms with Gasteiger partial charge in [-0.1, -0.05) is 0 Å². The Labute approximate surface area is 143 Å². The van der Waals surface area contributed by atoms with E-state index in [1.54, 1.807) is 0 Å². The zero-order valence-electron chi connectivity index (χ0n) is 12.8. The van der Waals surface area contributed by atoms with Crippen LogP contribution < -0.4 is 5.32 Å². The SMILES string of the molecule is FC(F)(F)c1cc(-c2csc(C3CCNCC3)n2)cc(C(F)(F)F)c1. The number of rotatable bonds is 2. The molecule has 1 aromatic heterocycles. The third-order valence-corrected chi connectivity index (χ3v) is 5.10. The zero-order chi connectivity index (χ0) is 18.2. The monoisotopic (exact) mass is 380 g/mol. The summed E-state index contributed by atoms with van der Waals surface area (Å²) >= 11 is 1.28. The van der Waals surface area contributed by atoms with Crippen molar-refractivity contribution in [2.75, 3.05) is 13.1 Å². The van der Waals surface area contributed by atoms with Crippen LogP contribution in [0.1, 0.15) is 34.9 Å². The summed E-state index contributed by atoms with van der Waals surface area (Å²) in [6.45, 7) is 1.64. The molecule has 0 radical (unpaired) electrons. The molecule has 0 saturated carbocycles. The zero-order valence-corrected chi connectivity index (χ0v) is 13.7. The smallest absolute Gasteiger partial charge is 0.317 e. The van der Waals surface area contributed by atoms with Gasteiger partial charge in [0.15, 0.2) is 0 Å². The van der Waals surface area contributed by atoms with Gasteiger partial charge >= 0.3 is 12.4 Å². The molecule has 0 bridgehead atoms. The lowest BCUT2D eigenvalue weighted by Gasteiger charge is -2.20. The molecule has 0 unspecified atom stereocenters. The highest BCUT2D eigenvalue weighted by Crippen LogP contribution is 2.39. The number of benzene rings is 1. The summed E-state index contributed by atoms with van der Waals surface area (Å²) in [5, 5.41) is 5.47. The van der Waals surface area contributed by atoms with Crippen LogP contribution in [-0.4, -0.2) is 18.1 Å². The molecule has 9 heteroatoms. The number of piperidine rings is 1. The summed E-state index contributed by atoms with van der Waals surface area (Å²) in [5.41, 5.74) is -2.67. The fraction of sp³-hybridized carbons (Fsp3) is 0.438. The van der Waals surface area contributed by atoms with E-state index in [-0.39, 0.29) is 23.2 Å². The molecule has 136 valence electrons. The molecule has 3 rings (SSSR count). The second-order valence-electron chi connectivity index (χ2n) is 5.89. The molecule has 0 aliphatic carbocycles. The number of hydrogen-bond donors (Lipinski definition) is 1. The van der Waals surface area contributed by atoms with Crippen LogP contribution in [-0.2, 0) is 12.4 Å². The summed E-state index contributed by atoms with van der Waals surface area (Å²) in [5.74, 6) is 0.188. The van der Waals surface area contributed by atoms with Gasteiger partial charge in [0.2, 0.25) is 0 Å². The Bertz CT molecular complexity index is 712. The van der Waals surface area contributed by atoms with Crippen molar-refractivity contribution in [3.63, 3.8) is 0 Å². The number of alkyl halides is 6. The van der Waals surface area contributed by atoms with Gasteiger partial charge in [0.25, 0.3) is 0 Å². The van der Waals surface area contributed by atoms with Crippen LogP contribution >= 0.6 is 11.3 Å². The van der Waals surface area contributed by atoms with Gasteiger partial charge in [-0.25, -0.2) is 4.98 Å². The van der Waals surface area contributed by atoms with Gasteiger partial charge in [-0.05, 0) is 44.1 Å². The van der Waals surface area contributed by atoms with Crippen LogP contribution in [0.3, 0.4) is 0 Å². The Morgan fingerprint density at radius 2 is 1.48 bits per heavy atom. The molecule has 2 nitrogen and oxygen atoms in total. The minimum absolute atomic E-state index is 0.129. The molecule has 1 aliphatic heterocycles. The number of aromatic nitrogens is 1. The van der Waals surface area contributed by atoms with Gasteiger partial charge in [-0.15, -0.1) is 11.3 Å². The minimum Gasteiger partial charge on any atom is -0.317 e. The number of thiazole rings is 1. The minimum atomic E-state index is -4.86. The van der Waals surface area contributed by atoms with Gasteiger partial charge in [-0.3, -0.25) is 0 Å². The lowest BCUT2D eigenvalue weighted by molar-refractivity contribution is -0.143. The molecule has 1 aromatic carbocycles. The fourth-order valence-corrected chi connectivity index (χ4v) is 3.78. The third-order valence-electron chi connectivity index (χ3n) is 4.09. The van der Waals surface area contributed by atoms with Crippen LogP contribution in [0.25, 0.3) is 11.3 Å². The second kappa shape index (κ2) is 6.60. The van der Waals surface area contributed by atoms with E-state index in [1.807, 2.05) is 0 Å². The first kappa shape index (κ1) is 18.2. The largest absolute Gasteiger partial charge is 0.416 e. The van der Waals surface area contributed by atoms with E-state index in [4.69, 9.17) is 0 Å². The van der Waals surface area contributed by atoms with E-state index in [1.165, 1.54) is 16.7 Å². The maximum atomic E-state index is 13.0. The first-order valence-corrected chi connectivity index (χ1v) is 8.48. The summed E-state index contributed by atoms with van der Waals surface area (Å²) in [6, 6.07) is 1.57. The van der Waals surface area contributed by atoms with Crippen LogP contribution in [0, 0.1) is 0 Å². The molecule has 0 spiro atoms. The van der Waals surface area contributed by atoms with Crippen molar-refractivity contribution in [1.29, 1.82) is 0 Å². The van der Waals surface area contributed by atoms with Crippen molar-refractivity contribution in [2.24, 2.45) is 0 Å². The molecule has 2 heterocycles. The highest BCUT2D eigenvalue weighted by atomic mass is 32.1. The van der Waals surface area contributed by atoms with Crippen molar-refractivity contribution in [1.82, 2.24) is 10.3 Å². The quantitative estimate of drug-likeness (QED) is 0.714. The molecule has 1 saturated heterocycles. The van der Waals surface area contributed by atoms with Gasteiger partial charge in [0, 0.05) is 16.9 Å². The van der Waals surface area contributed by atoms with E-state index in [9.17, 15) is 26.3 Å². The Hall–Kier alpha value is -1.61. The van der Waals surface area contributed by atoms with Crippen molar-refractivity contribution < 1.29 is 26.3 Å². The molecule has 1 N–H and O–H groups in total. The molecular formula is C16H14F6N2S. The summed E-state index contributed by atoms with van der Waals surface area (Å²) < 4.78 is 77.7. The topological polar surface area (TPSA) is 24.9 Å². The summed E-state index contributed by atoms with van der Waals surface area (Å²) in [6.07, 6.45) is -8.01. The highest BCUT2D eigenvalue weighted by Gasteiger charge is 2.37. The molecule has 1 fully saturated rings. The summed E-state index contributed by atoms with van der Waals surface area (Å²) in [7, 11) is 0. The van der Waals surface area contributed by atoms with Crippen molar-refractivity contribution in [2.45, 2.75) is 31.1 Å². The number of hydrogen-bond acceptors (Lipinski definition) is 3. The molecule has 2 aromatic rings. The van der Waals surface area contributed by atoms with Crippen molar-refractivity contribution >= 4 is 11.3 Å². The predicted molar refractivity (Wildman–Crippen MR) is 82.4 cm³/mol. The molecule has 0 atom stereocenters. The third kappa shape index (κ3) is 4.14. The maximum absolute atomic E-state index is 13.0. The Morgan fingerprint density at radius 1 is 0.920 bits per heavy atom. The van der Waals surface area contributed by atoms with Crippen LogP contribution in [0.4, 0.5) is 26.3 Å². The van der Waals surface area contributed by atoms with Crippen LogP contribution in [0.5, 0.6) is 0 Å². The lowest BCUT2D eigenvalue weighted by atomic mass is 9.99. The number of nitrogens with one attached hydrogen (secondary N) is 1. The lowest BCUT2D eigenvalue weighted by Crippen LogP contribution is -2.26. The van der Waals surface area contributed by atoms with Gasteiger partial charge < -0.3 is 5.32 Å². The van der Waals surface area contributed by atoms with E-state index >= 15 is 0 Å². The average molecular weight is 380 g/mol. The molecule has 0 amide bonds. The highest BCUT2D eigenvalue weighted by molar-refractivity contribution is 7.10. The van der Waals surface area contributed by atoms with Crippen molar-refractivity contribution in [3.05, 3.63) is 39.7 Å². The van der Waals surface area contributed by atoms with E-state index in [0.717, 1.165) is 43.1 Å². The fourth-order valence-electron chi connectivity index (χ4n) is 2.78. The molecule has 1 aliphatic rings. The summed E-state index contributed by atoms with van der Waals surface area (Å²) in [4.78, 5) is 4.31. The van der Waals surface area contributed by atoms with Gasteiger partial charge in [0.05, 0.1) is 21.8 Å². The number of nitrogens with zero attached hydrogens (tertiary/aromatic N) is 1. The Kier molecular flexibility index (Phi) is 4.80. The van der Waals surface area contributed by atoms with E-state index < -0.39 is 23.5 Å². The van der Waals surface area contributed by atoms with E-state index in [2.05, 4.69) is 10.3 Å². The predicted octanol–water partition coefficient (Wildman–Crippen LogP) is 5.31. The molecule has 25 heavy (non-hydrogen) atoms. The normalized spacial score (nSPS) is 17.0. The Morgan fingerprint density at radius 3 is 2.00 bits per heavy atom. The average Bonchev–Trinajstić information content (AvgIpc) is 3.04. The molecular weight excluding hydrogens is 366 g/mol. The number of halogens is 6.